The van der Waals surface area contributed by atoms with Crippen molar-refractivity contribution in [2.45, 2.75) is 12.5 Å². The van der Waals surface area contributed by atoms with Gasteiger partial charge in [-0.1, -0.05) is 12.1 Å². The Hall–Kier alpha value is -2.67. The van der Waals surface area contributed by atoms with Crippen molar-refractivity contribution in [1.29, 1.82) is 0 Å². The maximum Gasteiger partial charge on any atom is 0.337 e. The Kier molecular flexibility index (Phi) is 3.77. The molecule has 0 aliphatic heterocycles. The molecule has 0 aliphatic carbocycles. The first-order chi connectivity index (χ1) is 9.81. The minimum absolute atomic E-state index is 0.000103. The lowest BCUT2D eigenvalue weighted by atomic mass is 10.1. The van der Waals surface area contributed by atoms with Gasteiger partial charge in [0.15, 0.2) is 11.0 Å². The van der Waals surface area contributed by atoms with Crippen molar-refractivity contribution in [1.82, 2.24) is 10.3 Å². The Bertz CT molecular complexity index is 763. The number of aromatic nitrogens is 1. The summed E-state index contributed by atoms with van der Waals surface area (Å²) in [5, 5.41) is 21.0. The molecule has 4 N–H and O–H groups in total. The van der Waals surface area contributed by atoms with Crippen LogP contribution in [0.3, 0.4) is 0 Å². The Morgan fingerprint density at radius 2 is 2.00 bits per heavy atom. The average Bonchev–Trinajstić information content (AvgIpc) is 2.44. The second-order valence-electron chi connectivity index (χ2n) is 4.85. The third-order valence-corrected chi connectivity index (χ3v) is 3.04. The van der Waals surface area contributed by atoms with E-state index in [1.807, 2.05) is 0 Å². The summed E-state index contributed by atoms with van der Waals surface area (Å²) in [6.07, 6.45) is 0. The number of benzene rings is 1. The van der Waals surface area contributed by atoms with Crippen LogP contribution < -0.4 is 10.7 Å². The van der Waals surface area contributed by atoms with E-state index in [9.17, 15) is 19.5 Å². The van der Waals surface area contributed by atoms with Crippen LogP contribution in [0.5, 0.6) is 0 Å². The predicted molar refractivity (Wildman–Crippen MR) is 75.2 cm³/mol. The van der Waals surface area contributed by atoms with E-state index in [2.05, 4.69) is 10.3 Å². The first kappa shape index (κ1) is 14.7. The van der Waals surface area contributed by atoms with Crippen LogP contribution in [0.1, 0.15) is 17.4 Å². The van der Waals surface area contributed by atoms with E-state index >= 15 is 0 Å². The van der Waals surface area contributed by atoms with Gasteiger partial charge in [0.2, 0.25) is 0 Å². The third-order valence-electron chi connectivity index (χ3n) is 3.04. The minimum Gasteiger partial charge on any atom is -0.479 e. The summed E-state index contributed by atoms with van der Waals surface area (Å²) < 4.78 is 0. The molecule has 0 radical (unpaired) electrons. The summed E-state index contributed by atoms with van der Waals surface area (Å²) in [6.45, 7) is 0.592. The number of nitrogens with one attached hydrogen (secondary N) is 2. The lowest BCUT2D eigenvalue weighted by Gasteiger charge is -2.18. The van der Waals surface area contributed by atoms with Gasteiger partial charge in [-0.25, -0.2) is 4.79 Å². The number of amides is 1. The topological polar surface area (TPSA) is 119 Å². The molecular formula is C14H14N2O5. The number of hydrogen-bond donors (Lipinski definition) is 4. The van der Waals surface area contributed by atoms with E-state index in [1.54, 1.807) is 24.3 Å². The van der Waals surface area contributed by atoms with Crippen LogP contribution in [-0.4, -0.2) is 39.2 Å². The third kappa shape index (κ3) is 3.09. The summed E-state index contributed by atoms with van der Waals surface area (Å²) in [6, 6.07) is 7.84. The number of carbonyl (C=O) groups is 2. The number of aliphatic carboxylic acids is 1. The van der Waals surface area contributed by atoms with Crippen LogP contribution >= 0.6 is 0 Å². The van der Waals surface area contributed by atoms with Crippen LogP contribution in [-0.2, 0) is 4.79 Å². The Balaban J connectivity index is 2.24. The van der Waals surface area contributed by atoms with Gasteiger partial charge in [0.1, 0.15) is 5.69 Å². The predicted octanol–water partition coefficient (Wildman–Crippen LogP) is 0.0935. The molecule has 1 heterocycles. The fourth-order valence-corrected chi connectivity index (χ4v) is 1.74. The lowest BCUT2D eigenvalue weighted by Crippen LogP contribution is -2.46. The molecule has 21 heavy (non-hydrogen) atoms. The molecule has 110 valence electrons. The van der Waals surface area contributed by atoms with Crippen molar-refractivity contribution in [2.24, 2.45) is 0 Å². The van der Waals surface area contributed by atoms with Crippen LogP contribution in [0.4, 0.5) is 0 Å². The van der Waals surface area contributed by atoms with Gasteiger partial charge < -0.3 is 20.5 Å². The van der Waals surface area contributed by atoms with E-state index in [4.69, 9.17) is 5.11 Å². The highest BCUT2D eigenvalue weighted by molar-refractivity contribution is 5.95. The first-order valence-electron chi connectivity index (χ1n) is 6.17. The first-order valence-corrected chi connectivity index (χ1v) is 6.17. The number of fused-ring (bicyclic) bond motifs is 1. The Labute approximate surface area is 119 Å². The highest BCUT2D eigenvalue weighted by Crippen LogP contribution is 2.07. The molecule has 7 heteroatoms. The summed E-state index contributed by atoms with van der Waals surface area (Å²) in [5.74, 6) is -2.12. The van der Waals surface area contributed by atoms with E-state index in [-0.39, 0.29) is 11.1 Å². The van der Waals surface area contributed by atoms with Gasteiger partial charge in [0.25, 0.3) is 5.91 Å². The number of hydrogen-bond acceptors (Lipinski definition) is 4. The van der Waals surface area contributed by atoms with Gasteiger partial charge in [-0.3, -0.25) is 9.59 Å². The van der Waals surface area contributed by atoms with Crippen molar-refractivity contribution in [3.05, 3.63) is 46.2 Å². The number of aliphatic hydroxyl groups is 1. The number of H-pyrrole nitrogens is 1. The van der Waals surface area contributed by atoms with E-state index in [1.165, 1.54) is 0 Å². The molecule has 2 aromatic rings. The van der Waals surface area contributed by atoms with Crippen molar-refractivity contribution < 1.29 is 19.8 Å². The van der Waals surface area contributed by atoms with Gasteiger partial charge >= 0.3 is 5.97 Å². The molecule has 1 atom stereocenters. The summed E-state index contributed by atoms with van der Waals surface area (Å²) in [7, 11) is 0. The second-order valence-corrected chi connectivity index (χ2v) is 4.85. The van der Waals surface area contributed by atoms with Gasteiger partial charge in [-0.15, -0.1) is 0 Å². The maximum absolute atomic E-state index is 11.9. The normalized spacial score (nSPS) is 13.6. The fraction of sp³-hybridized carbons (Fsp3) is 0.214. The van der Waals surface area contributed by atoms with E-state index in [0.29, 0.717) is 10.9 Å². The molecule has 1 aromatic heterocycles. The van der Waals surface area contributed by atoms with Crippen LogP contribution in [0.25, 0.3) is 10.9 Å². The summed E-state index contributed by atoms with van der Waals surface area (Å²) in [5.41, 5.74) is -1.90. The molecule has 0 aliphatic rings. The molecule has 0 bridgehead atoms. The number of pyridine rings is 1. The van der Waals surface area contributed by atoms with Crippen LogP contribution in [0.15, 0.2) is 35.1 Å². The van der Waals surface area contributed by atoms with Gasteiger partial charge in [0, 0.05) is 17.0 Å². The van der Waals surface area contributed by atoms with E-state index < -0.39 is 24.0 Å². The molecule has 1 amide bonds. The van der Waals surface area contributed by atoms with Gasteiger partial charge in [-0.2, -0.15) is 0 Å². The SMILES string of the molecule is CC(O)(CNC(=O)c1cc(=O)c2ccccc2[nH]1)C(=O)O. The van der Waals surface area contributed by atoms with Gasteiger partial charge in [0.05, 0.1) is 6.54 Å². The zero-order valence-corrected chi connectivity index (χ0v) is 11.2. The zero-order valence-electron chi connectivity index (χ0n) is 11.2. The van der Waals surface area contributed by atoms with Crippen molar-refractivity contribution in [3.8, 4) is 0 Å². The molecule has 7 nitrogen and oxygen atoms in total. The molecule has 0 saturated carbocycles. The lowest BCUT2D eigenvalue weighted by molar-refractivity contribution is -0.155. The average molecular weight is 290 g/mol. The van der Waals surface area contributed by atoms with Crippen molar-refractivity contribution >= 4 is 22.8 Å². The molecule has 0 saturated heterocycles. The fourth-order valence-electron chi connectivity index (χ4n) is 1.74. The molecule has 1 aromatic carbocycles. The number of rotatable bonds is 4. The highest BCUT2D eigenvalue weighted by Gasteiger charge is 2.30. The van der Waals surface area contributed by atoms with Crippen LogP contribution in [0.2, 0.25) is 0 Å². The molecule has 1 unspecified atom stereocenters. The summed E-state index contributed by atoms with van der Waals surface area (Å²) >= 11 is 0. The monoisotopic (exact) mass is 290 g/mol. The van der Waals surface area contributed by atoms with Crippen molar-refractivity contribution in [2.75, 3.05) is 6.54 Å². The number of para-hydroxylation sites is 1. The molecular weight excluding hydrogens is 276 g/mol. The Morgan fingerprint density at radius 1 is 1.33 bits per heavy atom. The smallest absolute Gasteiger partial charge is 0.337 e. The Morgan fingerprint density at radius 3 is 2.67 bits per heavy atom. The van der Waals surface area contributed by atoms with Crippen LogP contribution in [0, 0.1) is 0 Å². The molecule has 2 rings (SSSR count). The second kappa shape index (κ2) is 5.37. The van der Waals surface area contributed by atoms with E-state index in [0.717, 1.165) is 13.0 Å². The molecule has 0 fully saturated rings. The zero-order chi connectivity index (χ0) is 15.6. The standard InChI is InChI=1S/C14H14N2O5/c1-14(21,13(19)20)7-15-12(18)10-6-11(17)8-4-2-3-5-9(8)16-10/h2-6,21H,7H2,1H3,(H,15,18)(H,16,17)(H,19,20). The quantitative estimate of drug-likeness (QED) is 0.636. The highest BCUT2D eigenvalue weighted by atomic mass is 16.4. The number of carboxylic acids is 1. The number of carbonyl (C=O) groups excluding carboxylic acids is 1. The minimum atomic E-state index is -2.08. The number of aromatic amines is 1. The van der Waals surface area contributed by atoms with Gasteiger partial charge in [-0.05, 0) is 19.1 Å². The van der Waals surface area contributed by atoms with Crippen molar-refractivity contribution in [3.63, 3.8) is 0 Å². The maximum atomic E-state index is 11.9. The largest absolute Gasteiger partial charge is 0.479 e. The summed E-state index contributed by atoms with van der Waals surface area (Å²) in [4.78, 5) is 37.3. The molecule has 0 spiro atoms. The number of carboxylic acid groups (broad SMARTS) is 1.